The van der Waals surface area contributed by atoms with Crippen LogP contribution in [0.3, 0.4) is 0 Å². The number of halogens is 1. The molecule has 0 spiro atoms. The third kappa shape index (κ3) is 15.3. The highest BCUT2D eigenvalue weighted by Gasteiger charge is 2.27. The zero-order valence-electron chi connectivity index (χ0n) is 51.4. The normalized spacial score (nSPS) is 15.0. The molecule has 5 N–H and O–H groups in total. The Morgan fingerprint density at radius 1 is 0.505 bits per heavy atom. The molecule has 3 fully saturated rings. The fourth-order valence-electron chi connectivity index (χ4n) is 10.9. The van der Waals surface area contributed by atoms with Crippen LogP contribution in [0.5, 0.6) is 17.2 Å². The minimum absolute atomic E-state index is 0.00778. The number of fused-ring (bicyclic) bond motifs is 3. The second-order valence-corrected chi connectivity index (χ2v) is 21.2. The van der Waals surface area contributed by atoms with Gasteiger partial charge in [-0.25, -0.2) is 29.9 Å². The average molecular weight is 1250 g/mol. The van der Waals surface area contributed by atoms with Gasteiger partial charge >= 0.3 is 0 Å². The van der Waals surface area contributed by atoms with E-state index in [-0.39, 0.29) is 23.0 Å². The lowest BCUT2D eigenvalue weighted by Gasteiger charge is -2.27. The quantitative estimate of drug-likeness (QED) is 0.0709. The molecule has 0 atom stereocenters. The van der Waals surface area contributed by atoms with Gasteiger partial charge in [0, 0.05) is 120 Å². The van der Waals surface area contributed by atoms with Crippen LogP contribution in [0.15, 0.2) is 72.8 Å². The van der Waals surface area contributed by atoms with E-state index in [4.69, 9.17) is 51.0 Å². The van der Waals surface area contributed by atoms with Gasteiger partial charge in [-0.2, -0.15) is 15.8 Å². The van der Waals surface area contributed by atoms with Gasteiger partial charge in [0.25, 0.3) is 17.7 Å². The van der Waals surface area contributed by atoms with E-state index in [0.29, 0.717) is 196 Å². The summed E-state index contributed by atoms with van der Waals surface area (Å²) in [6.07, 6.45) is 8.37. The van der Waals surface area contributed by atoms with Crippen LogP contribution in [0.25, 0.3) is 16.7 Å². The maximum atomic E-state index is 12.8. The molecule has 6 aliphatic rings. The molecule has 0 unspecified atom stereocenters. The minimum Gasteiger partial charge on any atom is -0.496 e. The van der Waals surface area contributed by atoms with Crippen molar-refractivity contribution in [3.8, 4) is 35.5 Å². The molecule has 3 aromatic heterocycles. The van der Waals surface area contributed by atoms with Gasteiger partial charge in [-0.1, -0.05) is 30.4 Å². The molecule has 3 saturated heterocycles. The maximum absolute atomic E-state index is 12.8. The Hall–Kier alpha value is -10.2. The first kappa shape index (κ1) is 65.2. The zero-order valence-corrected chi connectivity index (χ0v) is 52.2. The van der Waals surface area contributed by atoms with Gasteiger partial charge in [0.15, 0.2) is 0 Å². The van der Waals surface area contributed by atoms with Crippen molar-refractivity contribution in [2.45, 2.75) is 32.1 Å². The van der Waals surface area contributed by atoms with E-state index in [2.05, 4.69) is 64.1 Å². The number of benzene rings is 3. The highest BCUT2D eigenvalue weighted by molar-refractivity contribution is 6.28. The Labute approximate surface area is 532 Å². The number of carbonyl (C=O) groups excluding carboxylic acids is 3. The lowest BCUT2D eigenvalue weighted by molar-refractivity contribution is 0.0301. The Morgan fingerprint density at radius 2 is 0.835 bits per heavy atom. The highest BCUT2D eigenvalue weighted by atomic mass is 35.5. The number of rotatable bonds is 13. The number of carbonyl (C=O) groups is 3. The van der Waals surface area contributed by atoms with E-state index in [1.54, 1.807) is 80.4 Å². The van der Waals surface area contributed by atoms with Gasteiger partial charge in [0.1, 0.15) is 46.4 Å². The summed E-state index contributed by atoms with van der Waals surface area (Å²) in [7, 11) is 10.0. The summed E-state index contributed by atoms with van der Waals surface area (Å²) in [5.74, 6) is 4.92. The molecule has 25 nitrogen and oxygen atoms in total. The largest absolute Gasteiger partial charge is 0.496 e. The summed E-state index contributed by atoms with van der Waals surface area (Å²) in [5.41, 5.74) is 16.5. The van der Waals surface area contributed by atoms with Crippen molar-refractivity contribution >= 4 is 69.2 Å². The van der Waals surface area contributed by atoms with Crippen LogP contribution in [0.2, 0.25) is 5.28 Å². The number of methoxy groups -OCH3 is 3. The predicted octanol–water partition coefficient (Wildman–Crippen LogP) is 6.49. The first-order valence-electron chi connectivity index (χ1n) is 29.4. The van der Waals surface area contributed by atoms with Crippen molar-refractivity contribution in [3.05, 3.63) is 151 Å². The van der Waals surface area contributed by atoms with E-state index >= 15 is 0 Å². The van der Waals surface area contributed by atoms with Crippen molar-refractivity contribution in [1.29, 1.82) is 15.8 Å². The molecule has 3 aliphatic heterocycles. The third-order valence-electron chi connectivity index (χ3n) is 15.5. The number of amides is 3. The molecular formula is C65H69ClN16O9. The van der Waals surface area contributed by atoms with Crippen molar-refractivity contribution in [1.82, 2.24) is 44.6 Å². The number of hydrogen-bond donors (Lipinski definition) is 4. The van der Waals surface area contributed by atoms with Crippen molar-refractivity contribution < 1.29 is 42.8 Å². The number of anilines is 4. The molecule has 0 radical (unpaired) electrons. The van der Waals surface area contributed by atoms with E-state index < -0.39 is 0 Å². The zero-order chi connectivity index (χ0) is 64.6. The standard InChI is InChI=1S/2C22H23N5O3.C12H16N2O3.C9H7ClN4/c2*1-24-21-20-16(13-23)5-6-17(20)25-19(26-21)12-14-3-4-15(11-18(14)29-2)22(28)27-7-9-30-10-8-27;1-16-11-8-9(2-3-10(11)13)12(15)14-4-6-17-7-5-14;1-12-8-7-5(4-11)2-3-6(7)13-9(10)14-8/h2*3-5,11H,6-10,12H2,1-2H3,(H,24,25,26);2-3,8H,4-7,13H2,1H3;2H,3H2,1H3,(H,12,13,14). The van der Waals surface area contributed by atoms with Gasteiger partial charge in [0.2, 0.25) is 5.28 Å². The molecule has 3 amide bonds. The van der Waals surface area contributed by atoms with Gasteiger partial charge < -0.3 is 64.8 Å². The van der Waals surface area contributed by atoms with Gasteiger partial charge in [-0.05, 0) is 54.1 Å². The molecule has 6 aromatic rings. The molecule has 470 valence electrons. The van der Waals surface area contributed by atoms with Crippen LogP contribution in [-0.2, 0) is 46.3 Å². The second-order valence-electron chi connectivity index (χ2n) is 20.9. The fourth-order valence-corrected chi connectivity index (χ4v) is 11.1. The number of nitrogen functional groups attached to an aromatic ring is 1. The Balaban J connectivity index is 0.000000150. The summed E-state index contributed by atoms with van der Waals surface area (Å²) < 4.78 is 32.1. The molecule has 26 heteroatoms. The number of nitrogens with two attached hydrogens (primary N) is 1. The lowest BCUT2D eigenvalue weighted by atomic mass is 10.1. The Bertz CT molecular complexity index is 3780. The van der Waals surface area contributed by atoms with Crippen LogP contribution in [0, 0.1) is 34.0 Å². The number of hydrogen-bond acceptors (Lipinski definition) is 22. The van der Waals surface area contributed by atoms with Crippen LogP contribution in [-0.4, -0.2) is 184 Å². The predicted molar refractivity (Wildman–Crippen MR) is 341 cm³/mol. The summed E-state index contributed by atoms with van der Waals surface area (Å²) in [6.45, 7) is 7.08. The first-order valence-corrected chi connectivity index (χ1v) is 29.7. The summed E-state index contributed by atoms with van der Waals surface area (Å²) in [5, 5.41) is 36.8. The van der Waals surface area contributed by atoms with Crippen LogP contribution < -0.4 is 35.9 Å². The SMILES string of the molecule is CNc1nc(Cc2ccc(C(=O)N3CCOCC3)cc2OC)nc2c1C(C#N)=CC2.CNc1nc(Cc2ccc(C(=O)N3CCOCC3)cc2OC)nc2c1C(C#N)=CC2.CNc1nc(Cl)nc2c1C(C#N)=CC2.COc1cc(C(=O)N2CCOCC2)ccc1N. The Kier molecular flexibility index (Phi) is 22.1. The summed E-state index contributed by atoms with van der Waals surface area (Å²) >= 11 is 5.73. The van der Waals surface area contributed by atoms with Crippen LogP contribution in [0.1, 0.15) is 87.6 Å². The highest BCUT2D eigenvalue weighted by Crippen LogP contribution is 2.35. The maximum Gasteiger partial charge on any atom is 0.254 e. The second kappa shape index (κ2) is 30.8. The van der Waals surface area contributed by atoms with Gasteiger partial charge in [-0.3, -0.25) is 14.4 Å². The topological polar surface area (TPSA) is 327 Å². The van der Waals surface area contributed by atoms with E-state index in [1.165, 1.54) is 7.11 Å². The number of allylic oxidation sites excluding steroid dienone is 6. The summed E-state index contributed by atoms with van der Waals surface area (Å²) in [4.78, 5) is 69.6. The average Bonchev–Trinajstić information content (AvgIpc) is 1.92. The number of nitrogens with one attached hydrogen (secondary N) is 3. The molecule has 6 heterocycles. The van der Waals surface area contributed by atoms with Crippen molar-refractivity contribution in [3.63, 3.8) is 0 Å². The fraction of sp³-hybridized carbons (Fsp3) is 0.354. The number of ether oxygens (including phenoxy) is 6. The van der Waals surface area contributed by atoms with Crippen molar-refractivity contribution in [2.75, 3.05) is 143 Å². The summed E-state index contributed by atoms with van der Waals surface area (Å²) in [6, 6.07) is 22.6. The first-order chi connectivity index (χ1) is 44.3. The molecule has 12 rings (SSSR count). The molecule has 91 heavy (non-hydrogen) atoms. The monoisotopic (exact) mass is 1250 g/mol. The molecule has 3 aliphatic carbocycles. The molecule has 3 aromatic carbocycles. The van der Waals surface area contributed by atoms with Gasteiger partial charge in [-0.15, -0.1) is 0 Å². The smallest absolute Gasteiger partial charge is 0.254 e. The lowest BCUT2D eigenvalue weighted by Crippen LogP contribution is -2.40. The molecular weight excluding hydrogens is 1180 g/mol. The van der Waals surface area contributed by atoms with Crippen LogP contribution in [0.4, 0.5) is 23.1 Å². The van der Waals surface area contributed by atoms with Gasteiger partial charge in [0.05, 0.1) is 135 Å². The van der Waals surface area contributed by atoms with E-state index in [1.807, 2.05) is 42.5 Å². The molecule has 0 saturated carbocycles. The number of nitriles is 3. The number of aromatic nitrogens is 6. The number of morpholine rings is 3. The van der Waals surface area contributed by atoms with E-state index in [0.717, 1.165) is 44.9 Å². The molecule has 0 bridgehead atoms. The Morgan fingerprint density at radius 3 is 1.18 bits per heavy atom. The number of nitrogens with zero attached hydrogens (tertiary/aromatic N) is 12. The van der Waals surface area contributed by atoms with Crippen LogP contribution >= 0.6 is 11.6 Å². The minimum atomic E-state index is -0.0236. The van der Waals surface area contributed by atoms with Crippen molar-refractivity contribution in [2.24, 2.45) is 0 Å². The van der Waals surface area contributed by atoms with E-state index in [9.17, 15) is 24.9 Å². The third-order valence-corrected chi connectivity index (χ3v) is 15.7.